The molecule has 0 saturated carbocycles. The van der Waals surface area contributed by atoms with E-state index in [9.17, 15) is 18.0 Å². The van der Waals surface area contributed by atoms with E-state index in [1.165, 1.54) is 18.2 Å². The summed E-state index contributed by atoms with van der Waals surface area (Å²) in [6.45, 7) is 1.87. The number of carboxylic acid groups (broad SMARTS) is 1. The zero-order chi connectivity index (χ0) is 21.5. The largest absolute Gasteiger partial charge is 0.481 e. The minimum atomic E-state index is -3.87. The van der Waals surface area contributed by atoms with Crippen LogP contribution in [-0.2, 0) is 21.2 Å². The van der Waals surface area contributed by atoms with E-state index in [4.69, 9.17) is 5.11 Å². The summed E-state index contributed by atoms with van der Waals surface area (Å²) < 4.78 is 28.4. The number of aromatic amines is 2. The predicted octanol–water partition coefficient (Wildman–Crippen LogP) is 3.14. The van der Waals surface area contributed by atoms with Gasteiger partial charge in [-0.05, 0) is 54.8 Å². The van der Waals surface area contributed by atoms with Crippen molar-refractivity contribution in [2.45, 2.75) is 24.7 Å². The molecule has 0 fully saturated rings. The number of aliphatic carboxylic acids is 1. The van der Waals surface area contributed by atoms with Gasteiger partial charge in [0.1, 0.15) is 5.52 Å². The van der Waals surface area contributed by atoms with Gasteiger partial charge in [-0.2, -0.15) is 0 Å². The Morgan fingerprint density at radius 1 is 1.17 bits per heavy atom. The van der Waals surface area contributed by atoms with Crippen molar-refractivity contribution in [3.63, 3.8) is 0 Å². The van der Waals surface area contributed by atoms with Gasteiger partial charge in [-0.3, -0.25) is 14.3 Å². The molecule has 154 valence electrons. The van der Waals surface area contributed by atoms with E-state index in [0.717, 1.165) is 5.56 Å². The van der Waals surface area contributed by atoms with Crippen LogP contribution >= 0.6 is 0 Å². The molecule has 2 aromatic heterocycles. The molecule has 0 atom stereocenters. The maximum atomic E-state index is 12.9. The van der Waals surface area contributed by atoms with Gasteiger partial charge in [0.2, 0.25) is 0 Å². The molecule has 0 aliphatic rings. The molecule has 4 N–H and O–H groups in total. The first-order valence-corrected chi connectivity index (χ1v) is 10.7. The van der Waals surface area contributed by atoms with Crippen molar-refractivity contribution in [1.82, 2.24) is 9.97 Å². The fraction of sp³-hybridized carbons (Fsp3) is 0.143. The van der Waals surface area contributed by atoms with Gasteiger partial charge in [-0.25, -0.2) is 8.42 Å². The molecule has 4 aromatic rings. The van der Waals surface area contributed by atoms with Crippen molar-refractivity contribution in [2.75, 3.05) is 4.72 Å². The van der Waals surface area contributed by atoms with Crippen molar-refractivity contribution in [3.05, 3.63) is 70.1 Å². The van der Waals surface area contributed by atoms with Crippen molar-refractivity contribution >= 4 is 43.5 Å². The van der Waals surface area contributed by atoms with E-state index >= 15 is 0 Å². The van der Waals surface area contributed by atoms with Gasteiger partial charge >= 0.3 is 5.97 Å². The number of nitrogens with one attached hydrogen (secondary N) is 3. The van der Waals surface area contributed by atoms with Crippen LogP contribution in [0.4, 0.5) is 5.69 Å². The zero-order valence-corrected chi connectivity index (χ0v) is 16.8. The van der Waals surface area contributed by atoms with Gasteiger partial charge in [0.05, 0.1) is 4.90 Å². The van der Waals surface area contributed by atoms with Gasteiger partial charge in [0.15, 0.2) is 0 Å². The molecule has 0 saturated heterocycles. The van der Waals surface area contributed by atoms with E-state index in [1.54, 1.807) is 24.4 Å². The monoisotopic (exact) mass is 425 g/mol. The Kier molecular flexibility index (Phi) is 4.83. The summed E-state index contributed by atoms with van der Waals surface area (Å²) in [4.78, 5) is 29.0. The number of H-pyrrole nitrogens is 2. The van der Waals surface area contributed by atoms with Crippen LogP contribution in [0.5, 0.6) is 0 Å². The summed E-state index contributed by atoms with van der Waals surface area (Å²) in [5.74, 6) is -0.955. The van der Waals surface area contributed by atoms with E-state index < -0.39 is 16.0 Å². The fourth-order valence-corrected chi connectivity index (χ4v) is 4.58. The van der Waals surface area contributed by atoms with Crippen molar-refractivity contribution in [2.24, 2.45) is 0 Å². The van der Waals surface area contributed by atoms with Gasteiger partial charge in [0, 0.05) is 34.6 Å². The van der Waals surface area contributed by atoms with E-state index in [0.29, 0.717) is 27.5 Å². The first kappa shape index (κ1) is 19.7. The predicted molar refractivity (Wildman–Crippen MR) is 114 cm³/mol. The Hall–Kier alpha value is -3.59. The lowest BCUT2D eigenvalue weighted by molar-refractivity contribution is -0.136. The lowest BCUT2D eigenvalue weighted by atomic mass is 10.0. The average molecular weight is 425 g/mol. The smallest absolute Gasteiger partial charge is 0.303 e. The number of hydrogen-bond donors (Lipinski definition) is 4. The quantitative estimate of drug-likeness (QED) is 0.377. The first-order valence-electron chi connectivity index (χ1n) is 9.22. The summed E-state index contributed by atoms with van der Waals surface area (Å²) in [6.07, 6.45) is 1.70. The number of rotatable bonds is 6. The molecule has 30 heavy (non-hydrogen) atoms. The maximum absolute atomic E-state index is 12.9. The second-order valence-electron chi connectivity index (χ2n) is 7.09. The summed E-state index contributed by atoms with van der Waals surface area (Å²) in [5, 5.41) is 10.1. The third kappa shape index (κ3) is 3.67. The van der Waals surface area contributed by atoms with Crippen molar-refractivity contribution in [3.8, 4) is 0 Å². The number of aromatic nitrogens is 2. The summed E-state index contributed by atoms with van der Waals surface area (Å²) in [6, 6.07) is 11.5. The lowest BCUT2D eigenvalue weighted by Gasteiger charge is -2.10. The highest BCUT2D eigenvalue weighted by Gasteiger charge is 2.18. The first-order chi connectivity index (χ1) is 14.2. The summed E-state index contributed by atoms with van der Waals surface area (Å²) in [7, 11) is -3.87. The number of fused-ring (bicyclic) bond motifs is 3. The van der Waals surface area contributed by atoms with Crippen LogP contribution in [0, 0.1) is 6.92 Å². The Balaban J connectivity index is 1.85. The van der Waals surface area contributed by atoms with E-state index in [-0.39, 0.29) is 28.8 Å². The SMILES string of the molecule is Cc1cccc(NS(=O)(=O)c2ccc3[nH]c(=O)c4[nH]cc(CCC(=O)O)c4c3c2)c1. The lowest BCUT2D eigenvalue weighted by Crippen LogP contribution is -2.13. The highest BCUT2D eigenvalue weighted by Crippen LogP contribution is 2.28. The molecule has 9 heteroatoms. The van der Waals surface area contributed by atoms with Crippen LogP contribution in [0.15, 0.2) is 58.4 Å². The van der Waals surface area contributed by atoms with Crippen LogP contribution in [0.25, 0.3) is 21.8 Å². The Morgan fingerprint density at radius 2 is 1.97 bits per heavy atom. The van der Waals surface area contributed by atoms with Gasteiger partial charge in [-0.15, -0.1) is 0 Å². The Labute approximate surface area is 171 Å². The number of benzene rings is 2. The molecule has 2 aromatic carbocycles. The zero-order valence-electron chi connectivity index (χ0n) is 16.0. The Bertz CT molecular complexity index is 1450. The highest BCUT2D eigenvalue weighted by atomic mass is 32.2. The number of pyridine rings is 1. The molecule has 0 radical (unpaired) electrons. The molecule has 0 amide bonds. The molecular formula is C21H19N3O5S. The van der Waals surface area contributed by atoms with Crippen molar-refractivity contribution in [1.29, 1.82) is 0 Å². The maximum Gasteiger partial charge on any atom is 0.303 e. The number of sulfonamides is 1. The number of aryl methyl sites for hydroxylation is 2. The second-order valence-corrected chi connectivity index (χ2v) is 8.78. The molecule has 2 heterocycles. The molecule has 0 unspecified atom stereocenters. The number of hydrogen-bond acceptors (Lipinski definition) is 4. The van der Waals surface area contributed by atoms with E-state index in [2.05, 4.69) is 14.7 Å². The van der Waals surface area contributed by atoms with Gasteiger partial charge in [-0.1, -0.05) is 12.1 Å². The van der Waals surface area contributed by atoms with E-state index in [1.807, 2.05) is 13.0 Å². The number of carbonyl (C=O) groups is 1. The van der Waals surface area contributed by atoms with Crippen LogP contribution < -0.4 is 10.3 Å². The van der Waals surface area contributed by atoms with Gasteiger partial charge < -0.3 is 15.1 Å². The molecule has 0 aliphatic carbocycles. The number of anilines is 1. The third-order valence-electron chi connectivity index (χ3n) is 4.89. The van der Waals surface area contributed by atoms with Crippen LogP contribution in [0.2, 0.25) is 0 Å². The standard InChI is InChI=1S/C21H19N3O5S/c1-12-3-2-4-14(9-12)24-30(28,29)15-6-7-17-16(10-15)19-13(5-8-18(25)26)11-22-20(19)21(27)23-17/h2-4,6-7,9-11,22,24H,5,8H2,1H3,(H,23,27)(H,25,26). The molecule has 0 bridgehead atoms. The minimum Gasteiger partial charge on any atom is -0.481 e. The fourth-order valence-electron chi connectivity index (χ4n) is 3.50. The average Bonchev–Trinajstić information content (AvgIpc) is 3.11. The normalized spacial score (nSPS) is 11.8. The summed E-state index contributed by atoms with van der Waals surface area (Å²) in [5.41, 5.74) is 2.41. The van der Waals surface area contributed by atoms with Gasteiger partial charge in [0.25, 0.3) is 15.6 Å². The Morgan fingerprint density at radius 3 is 2.70 bits per heavy atom. The molecular weight excluding hydrogens is 406 g/mol. The molecule has 4 rings (SSSR count). The van der Waals surface area contributed by atoms with Crippen LogP contribution in [0.3, 0.4) is 0 Å². The molecule has 0 aliphatic heterocycles. The van der Waals surface area contributed by atoms with Crippen molar-refractivity contribution < 1.29 is 18.3 Å². The minimum absolute atomic E-state index is 0.0373. The molecule has 0 spiro atoms. The van der Waals surface area contributed by atoms with Crippen LogP contribution in [0.1, 0.15) is 17.5 Å². The number of carboxylic acids is 1. The third-order valence-corrected chi connectivity index (χ3v) is 6.27. The van der Waals surface area contributed by atoms with Crippen LogP contribution in [-0.4, -0.2) is 29.5 Å². The second kappa shape index (κ2) is 7.34. The summed E-state index contributed by atoms with van der Waals surface area (Å²) >= 11 is 0. The highest BCUT2D eigenvalue weighted by molar-refractivity contribution is 7.92. The topological polar surface area (TPSA) is 132 Å². The molecule has 8 nitrogen and oxygen atoms in total.